The average molecular weight is 295 g/mol. The van der Waals surface area contributed by atoms with Crippen molar-refractivity contribution in [3.8, 4) is 6.07 Å². The minimum absolute atomic E-state index is 0.0450. The molecule has 0 aliphatic rings. The van der Waals surface area contributed by atoms with Gasteiger partial charge in [-0.05, 0) is 19.1 Å². The minimum atomic E-state index is -1.06. The van der Waals surface area contributed by atoms with Crippen molar-refractivity contribution in [2.75, 3.05) is 11.9 Å². The number of rotatable bonds is 4. The van der Waals surface area contributed by atoms with E-state index in [-0.39, 0.29) is 6.61 Å². The second-order valence-corrected chi connectivity index (χ2v) is 3.59. The van der Waals surface area contributed by atoms with E-state index in [9.17, 15) is 18.4 Å². The molecule has 2 N–H and O–H groups in total. The lowest BCUT2D eigenvalue weighted by Gasteiger charge is -2.05. The van der Waals surface area contributed by atoms with Crippen LogP contribution in [0.1, 0.15) is 6.92 Å². The third-order valence-electron chi connectivity index (χ3n) is 2.18. The predicted octanol–water partition coefficient (Wildman–Crippen LogP) is 2.06. The standard InChI is InChI=1S/C13H11F2N3O3/c1-2-21-13(20)18-12(19)8(6-16)7-17-11-9(14)4-3-5-10(11)15/h3-5,7,17H,2H2,1H3,(H,18,19,20). The van der Waals surface area contributed by atoms with Crippen molar-refractivity contribution in [3.63, 3.8) is 0 Å². The summed E-state index contributed by atoms with van der Waals surface area (Å²) in [6.07, 6.45) is -0.239. The maximum atomic E-state index is 13.3. The van der Waals surface area contributed by atoms with E-state index in [0.29, 0.717) is 0 Å². The van der Waals surface area contributed by atoms with E-state index in [1.54, 1.807) is 5.32 Å². The molecule has 0 saturated carbocycles. The van der Waals surface area contributed by atoms with Crippen LogP contribution in [0.3, 0.4) is 0 Å². The van der Waals surface area contributed by atoms with Crippen LogP contribution in [0.4, 0.5) is 19.3 Å². The molecule has 21 heavy (non-hydrogen) atoms. The van der Waals surface area contributed by atoms with Crippen LogP contribution in [0.2, 0.25) is 0 Å². The molecule has 0 atom stereocenters. The highest BCUT2D eigenvalue weighted by Crippen LogP contribution is 2.18. The first-order valence-corrected chi connectivity index (χ1v) is 5.78. The molecule has 8 heteroatoms. The van der Waals surface area contributed by atoms with Gasteiger partial charge >= 0.3 is 6.09 Å². The van der Waals surface area contributed by atoms with Crippen LogP contribution >= 0.6 is 0 Å². The van der Waals surface area contributed by atoms with Gasteiger partial charge in [0, 0.05) is 6.20 Å². The van der Waals surface area contributed by atoms with E-state index < -0.39 is 34.9 Å². The fourth-order valence-corrected chi connectivity index (χ4v) is 1.26. The molecular weight excluding hydrogens is 284 g/mol. The van der Waals surface area contributed by atoms with Gasteiger partial charge in [0.05, 0.1) is 6.61 Å². The second kappa shape index (κ2) is 7.59. The second-order valence-electron chi connectivity index (χ2n) is 3.59. The molecule has 1 aromatic carbocycles. The quantitative estimate of drug-likeness (QED) is 0.655. The summed E-state index contributed by atoms with van der Waals surface area (Å²) in [6, 6.07) is 4.67. The zero-order chi connectivity index (χ0) is 15.8. The van der Waals surface area contributed by atoms with E-state index in [1.165, 1.54) is 13.0 Å². The van der Waals surface area contributed by atoms with Gasteiger partial charge in [-0.15, -0.1) is 0 Å². The van der Waals surface area contributed by atoms with Gasteiger partial charge in [-0.25, -0.2) is 13.6 Å². The molecule has 0 radical (unpaired) electrons. The Kier molecular flexibility index (Phi) is 5.82. The summed E-state index contributed by atoms with van der Waals surface area (Å²) >= 11 is 0. The Morgan fingerprint density at radius 2 is 2.00 bits per heavy atom. The largest absolute Gasteiger partial charge is 0.450 e. The van der Waals surface area contributed by atoms with Gasteiger partial charge in [0.25, 0.3) is 5.91 Å². The van der Waals surface area contributed by atoms with Gasteiger partial charge in [-0.2, -0.15) is 5.26 Å². The smallest absolute Gasteiger partial charge is 0.414 e. The summed E-state index contributed by atoms with van der Waals surface area (Å²) in [5, 5.41) is 12.7. The van der Waals surface area contributed by atoms with Crippen molar-refractivity contribution in [2.24, 2.45) is 0 Å². The summed E-state index contributed by atoms with van der Waals surface area (Å²) in [5.41, 5.74) is -1.07. The normalized spacial score (nSPS) is 10.5. The van der Waals surface area contributed by atoms with E-state index in [4.69, 9.17) is 5.26 Å². The van der Waals surface area contributed by atoms with E-state index >= 15 is 0 Å². The van der Waals surface area contributed by atoms with Crippen molar-refractivity contribution in [3.05, 3.63) is 41.6 Å². The van der Waals surface area contributed by atoms with Crippen molar-refractivity contribution in [2.45, 2.75) is 6.92 Å². The van der Waals surface area contributed by atoms with E-state index in [2.05, 4.69) is 10.1 Å². The first-order chi connectivity index (χ1) is 9.99. The lowest BCUT2D eigenvalue weighted by molar-refractivity contribution is -0.116. The van der Waals surface area contributed by atoms with Crippen molar-refractivity contribution >= 4 is 17.7 Å². The summed E-state index contributed by atoms with van der Waals surface area (Å²) in [7, 11) is 0. The molecule has 0 saturated heterocycles. The molecule has 0 fully saturated rings. The SMILES string of the molecule is CCOC(=O)NC(=O)C(C#N)=CNc1c(F)cccc1F. The third-order valence-corrected chi connectivity index (χ3v) is 2.18. The molecule has 0 unspecified atom stereocenters. The van der Waals surface area contributed by atoms with Gasteiger partial charge in [-0.1, -0.05) is 6.07 Å². The molecule has 0 aromatic heterocycles. The number of ether oxygens (including phenoxy) is 1. The third kappa shape index (κ3) is 4.58. The number of alkyl carbamates (subject to hydrolysis) is 1. The highest BCUT2D eigenvalue weighted by molar-refractivity contribution is 6.05. The Morgan fingerprint density at radius 3 is 2.52 bits per heavy atom. The predicted molar refractivity (Wildman–Crippen MR) is 68.8 cm³/mol. The number of nitrogens with zero attached hydrogens (tertiary/aromatic N) is 1. The van der Waals surface area contributed by atoms with Gasteiger partial charge in [0.1, 0.15) is 29.0 Å². The zero-order valence-electron chi connectivity index (χ0n) is 10.9. The van der Waals surface area contributed by atoms with Crippen molar-refractivity contribution in [1.82, 2.24) is 5.32 Å². The van der Waals surface area contributed by atoms with E-state index in [1.807, 2.05) is 0 Å². The summed E-state index contributed by atoms with van der Waals surface area (Å²) in [4.78, 5) is 22.5. The maximum Gasteiger partial charge on any atom is 0.414 e. The Balaban J connectivity index is 2.83. The van der Waals surface area contributed by atoms with Crippen LogP contribution in [0, 0.1) is 23.0 Å². The summed E-state index contributed by atoms with van der Waals surface area (Å²) in [6.45, 7) is 1.58. The average Bonchev–Trinajstić information content (AvgIpc) is 2.42. The lowest BCUT2D eigenvalue weighted by atomic mass is 10.2. The van der Waals surface area contributed by atoms with Gasteiger partial charge < -0.3 is 10.1 Å². The number of hydrogen-bond acceptors (Lipinski definition) is 5. The highest BCUT2D eigenvalue weighted by atomic mass is 19.1. The number of benzene rings is 1. The molecule has 0 aliphatic carbocycles. The van der Waals surface area contributed by atoms with Crippen LogP contribution in [0.15, 0.2) is 30.0 Å². The molecule has 6 nitrogen and oxygen atoms in total. The van der Waals surface area contributed by atoms with Crippen LogP contribution in [-0.4, -0.2) is 18.6 Å². The number of nitriles is 1. The monoisotopic (exact) mass is 295 g/mol. The molecule has 2 amide bonds. The van der Waals surface area contributed by atoms with E-state index in [0.717, 1.165) is 24.4 Å². The Labute approximate surface area is 119 Å². The number of carbonyl (C=O) groups excluding carboxylic acids is 2. The Bertz CT molecular complexity index is 603. The molecule has 1 aromatic rings. The molecule has 0 bridgehead atoms. The van der Waals surface area contributed by atoms with Crippen LogP contribution < -0.4 is 10.6 Å². The van der Waals surface area contributed by atoms with Crippen LogP contribution in [0.5, 0.6) is 0 Å². The van der Waals surface area contributed by atoms with Crippen LogP contribution in [0.25, 0.3) is 0 Å². The topological polar surface area (TPSA) is 91.2 Å². The van der Waals surface area contributed by atoms with Gasteiger partial charge in [-0.3, -0.25) is 10.1 Å². The number of imide groups is 1. The number of nitrogens with one attached hydrogen (secondary N) is 2. The molecule has 110 valence electrons. The number of anilines is 1. The number of para-hydroxylation sites is 1. The fraction of sp³-hybridized carbons (Fsp3) is 0.154. The Hall–Kier alpha value is -2.95. The van der Waals surface area contributed by atoms with Crippen LogP contribution in [-0.2, 0) is 9.53 Å². The summed E-state index contributed by atoms with van der Waals surface area (Å²) < 4.78 is 31.1. The maximum absolute atomic E-state index is 13.3. The number of carbonyl (C=O) groups is 2. The number of hydrogen-bond donors (Lipinski definition) is 2. The Morgan fingerprint density at radius 1 is 1.38 bits per heavy atom. The highest BCUT2D eigenvalue weighted by Gasteiger charge is 2.14. The molecule has 1 rings (SSSR count). The number of amides is 2. The van der Waals surface area contributed by atoms with Crippen molar-refractivity contribution < 1.29 is 23.1 Å². The number of halogens is 2. The molecule has 0 aliphatic heterocycles. The summed E-state index contributed by atoms with van der Waals surface area (Å²) in [5.74, 6) is -2.84. The van der Waals surface area contributed by atoms with Gasteiger partial charge in [0.15, 0.2) is 0 Å². The van der Waals surface area contributed by atoms with Crippen molar-refractivity contribution in [1.29, 1.82) is 5.26 Å². The first kappa shape index (κ1) is 16.1. The fourth-order valence-electron chi connectivity index (χ4n) is 1.26. The minimum Gasteiger partial charge on any atom is -0.450 e. The first-order valence-electron chi connectivity index (χ1n) is 5.78. The lowest BCUT2D eigenvalue weighted by Crippen LogP contribution is -2.32. The zero-order valence-corrected chi connectivity index (χ0v) is 10.9. The van der Waals surface area contributed by atoms with Gasteiger partial charge in [0.2, 0.25) is 0 Å². The molecular formula is C13H11F2N3O3. The molecule has 0 spiro atoms. The molecule has 0 heterocycles.